The Morgan fingerprint density at radius 1 is 1.13 bits per heavy atom. The molecule has 0 N–H and O–H groups in total. The van der Waals surface area contributed by atoms with Gasteiger partial charge in [-0.3, -0.25) is 4.79 Å². The molecule has 2 aromatic rings. The van der Waals surface area contributed by atoms with E-state index in [9.17, 15) is 18.0 Å². The molecule has 1 aliphatic heterocycles. The number of pyridine rings is 1. The summed E-state index contributed by atoms with van der Waals surface area (Å²) in [6.07, 6.45) is -3.56. The molecule has 2 heterocycles. The Hall–Kier alpha value is -2.77. The Bertz CT molecular complexity index is 874. The van der Waals surface area contributed by atoms with Crippen molar-refractivity contribution in [1.29, 1.82) is 0 Å². The summed E-state index contributed by atoms with van der Waals surface area (Å²) in [5.41, 5.74) is 1.61. The van der Waals surface area contributed by atoms with Gasteiger partial charge in [0.15, 0.2) is 6.61 Å². The minimum atomic E-state index is -4.40. The summed E-state index contributed by atoms with van der Waals surface area (Å²) in [6, 6.07) is 8.24. The van der Waals surface area contributed by atoms with Crippen molar-refractivity contribution < 1.29 is 22.7 Å². The molecular weight excluding hydrogens is 395 g/mol. The Morgan fingerprint density at radius 2 is 1.83 bits per heavy atom. The van der Waals surface area contributed by atoms with Crippen LogP contribution in [0.5, 0.6) is 5.75 Å². The van der Waals surface area contributed by atoms with Crippen LogP contribution in [0.25, 0.3) is 0 Å². The molecule has 1 aromatic heterocycles. The lowest BCUT2D eigenvalue weighted by atomic mass is 9.98. The SMILES string of the molecule is Cc1cc(OCC(=O)N2CCN(c3ccc(C(F)(F)F)cn3)CC2)ccc1C(C)C. The molecule has 5 nitrogen and oxygen atoms in total. The molecule has 3 rings (SSSR count). The summed E-state index contributed by atoms with van der Waals surface area (Å²) in [4.78, 5) is 20.0. The van der Waals surface area contributed by atoms with Gasteiger partial charge in [-0.25, -0.2) is 4.98 Å². The van der Waals surface area contributed by atoms with Gasteiger partial charge in [-0.1, -0.05) is 19.9 Å². The average Bonchev–Trinajstić information content (AvgIpc) is 2.71. The molecule has 1 aromatic carbocycles. The second-order valence-corrected chi connectivity index (χ2v) is 7.73. The monoisotopic (exact) mass is 421 g/mol. The Morgan fingerprint density at radius 3 is 2.37 bits per heavy atom. The highest BCUT2D eigenvalue weighted by Crippen LogP contribution is 2.29. The summed E-state index contributed by atoms with van der Waals surface area (Å²) >= 11 is 0. The molecule has 1 aliphatic rings. The first-order valence-corrected chi connectivity index (χ1v) is 9.94. The molecule has 1 saturated heterocycles. The summed E-state index contributed by atoms with van der Waals surface area (Å²) < 4.78 is 43.7. The van der Waals surface area contributed by atoms with Crippen LogP contribution in [0.2, 0.25) is 0 Å². The van der Waals surface area contributed by atoms with Crippen molar-refractivity contribution in [2.75, 3.05) is 37.7 Å². The van der Waals surface area contributed by atoms with Gasteiger partial charge in [0.05, 0.1) is 5.56 Å². The number of aromatic nitrogens is 1. The van der Waals surface area contributed by atoms with Crippen LogP contribution in [0.15, 0.2) is 36.5 Å². The lowest BCUT2D eigenvalue weighted by Crippen LogP contribution is -2.50. The number of hydrogen-bond donors (Lipinski definition) is 0. The fraction of sp³-hybridized carbons (Fsp3) is 0.455. The van der Waals surface area contributed by atoms with Crippen LogP contribution >= 0.6 is 0 Å². The van der Waals surface area contributed by atoms with E-state index in [1.54, 1.807) is 4.90 Å². The number of alkyl halides is 3. The number of piperazine rings is 1. The predicted octanol–water partition coefficient (Wildman–Crippen LogP) is 4.26. The third-order valence-electron chi connectivity index (χ3n) is 5.26. The first-order chi connectivity index (χ1) is 14.1. The molecule has 162 valence electrons. The van der Waals surface area contributed by atoms with Crippen molar-refractivity contribution in [1.82, 2.24) is 9.88 Å². The fourth-order valence-electron chi connectivity index (χ4n) is 3.55. The van der Waals surface area contributed by atoms with E-state index in [0.717, 1.165) is 17.8 Å². The quantitative estimate of drug-likeness (QED) is 0.724. The molecule has 0 spiro atoms. The van der Waals surface area contributed by atoms with Gasteiger partial charge in [0.1, 0.15) is 11.6 Å². The number of hydrogen-bond acceptors (Lipinski definition) is 4. The lowest BCUT2D eigenvalue weighted by molar-refractivity contribution is -0.138. The van der Waals surface area contributed by atoms with Crippen LogP contribution in [0.4, 0.5) is 19.0 Å². The largest absolute Gasteiger partial charge is 0.484 e. The molecule has 8 heteroatoms. The number of carbonyl (C=O) groups excluding carboxylic acids is 1. The van der Waals surface area contributed by atoms with Crippen LogP contribution in [-0.2, 0) is 11.0 Å². The number of halogens is 3. The Kier molecular flexibility index (Phi) is 6.53. The van der Waals surface area contributed by atoms with E-state index < -0.39 is 11.7 Å². The zero-order chi connectivity index (χ0) is 21.9. The number of rotatable bonds is 5. The van der Waals surface area contributed by atoms with E-state index in [1.165, 1.54) is 11.6 Å². The highest BCUT2D eigenvalue weighted by molar-refractivity contribution is 5.78. The highest BCUT2D eigenvalue weighted by atomic mass is 19.4. The van der Waals surface area contributed by atoms with Crippen LogP contribution in [-0.4, -0.2) is 48.6 Å². The molecule has 0 bridgehead atoms. The van der Waals surface area contributed by atoms with Gasteiger partial charge in [0.2, 0.25) is 0 Å². The Balaban J connectivity index is 1.50. The molecular formula is C22H26F3N3O2. The smallest absolute Gasteiger partial charge is 0.417 e. The van der Waals surface area contributed by atoms with Crippen molar-refractivity contribution in [3.8, 4) is 5.75 Å². The van der Waals surface area contributed by atoms with E-state index in [4.69, 9.17) is 4.74 Å². The minimum absolute atomic E-state index is 0.0427. The van der Waals surface area contributed by atoms with Gasteiger partial charge in [-0.15, -0.1) is 0 Å². The number of anilines is 1. The molecule has 30 heavy (non-hydrogen) atoms. The van der Waals surface area contributed by atoms with Crippen LogP contribution in [0, 0.1) is 6.92 Å². The van der Waals surface area contributed by atoms with Gasteiger partial charge in [-0.05, 0) is 48.2 Å². The first kappa shape index (κ1) is 21.9. The highest BCUT2D eigenvalue weighted by Gasteiger charge is 2.31. The van der Waals surface area contributed by atoms with E-state index in [0.29, 0.717) is 43.7 Å². The maximum absolute atomic E-state index is 12.7. The maximum Gasteiger partial charge on any atom is 0.417 e. The van der Waals surface area contributed by atoms with Crippen LogP contribution in [0.1, 0.15) is 36.5 Å². The molecule has 0 unspecified atom stereocenters. The van der Waals surface area contributed by atoms with Crippen molar-refractivity contribution in [2.45, 2.75) is 32.9 Å². The molecule has 0 aliphatic carbocycles. The molecule has 1 amide bonds. The van der Waals surface area contributed by atoms with Crippen molar-refractivity contribution >= 4 is 11.7 Å². The van der Waals surface area contributed by atoms with Gasteiger partial charge in [0.25, 0.3) is 5.91 Å². The third kappa shape index (κ3) is 5.23. The van der Waals surface area contributed by atoms with E-state index in [-0.39, 0.29) is 12.5 Å². The van der Waals surface area contributed by atoms with Crippen molar-refractivity contribution in [3.05, 3.63) is 53.2 Å². The second kappa shape index (κ2) is 8.93. The average molecular weight is 421 g/mol. The predicted molar refractivity (Wildman–Crippen MR) is 109 cm³/mol. The molecule has 0 saturated carbocycles. The molecule has 0 radical (unpaired) electrons. The maximum atomic E-state index is 12.7. The van der Waals surface area contributed by atoms with E-state index in [2.05, 4.69) is 18.8 Å². The van der Waals surface area contributed by atoms with Crippen LogP contribution < -0.4 is 9.64 Å². The number of nitrogens with zero attached hydrogens (tertiary/aromatic N) is 3. The number of ether oxygens (including phenoxy) is 1. The summed E-state index contributed by atoms with van der Waals surface area (Å²) in [7, 11) is 0. The number of aryl methyl sites for hydroxylation is 1. The van der Waals surface area contributed by atoms with Crippen molar-refractivity contribution in [3.63, 3.8) is 0 Å². The van der Waals surface area contributed by atoms with Gasteiger partial charge < -0.3 is 14.5 Å². The standard InChI is InChI=1S/C22H26F3N3O2/c1-15(2)19-6-5-18(12-16(19)3)30-14-21(29)28-10-8-27(9-11-28)20-7-4-17(13-26-20)22(23,24)25/h4-7,12-13,15H,8-11,14H2,1-3H3. The number of carbonyl (C=O) groups is 1. The minimum Gasteiger partial charge on any atom is -0.484 e. The van der Waals surface area contributed by atoms with Gasteiger partial charge in [-0.2, -0.15) is 13.2 Å². The third-order valence-corrected chi connectivity index (χ3v) is 5.26. The summed E-state index contributed by atoms with van der Waals surface area (Å²) in [6.45, 7) is 8.20. The zero-order valence-corrected chi connectivity index (χ0v) is 17.4. The van der Waals surface area contributed by atoms with E-state index >= 15 is 0 Å². The lowest BCUT2D eigenvalue weighted by Gasteiger charge is -2.35. The number of amides is 1. The first-order valence-electron chi connectivity index (χ1n) is 9.94. The topological polar surface area (TPSA) is 45.7 Å². The van der Waals surface area contributed by atoms with E-state index in [1.807, 2.05) is 30.0 Å². The van der Waals surface area contributed by atoms with Crippen molar-refractivity contribution in [2.24, 2.45) is 0 Å². The summed E-state index contributed by atoms with van der Waals surface area (Å²) in [5.74, 6) is 1.46. The normalized spacial score (nSPS) is 14.9. The molecule has 0 atom stereocenters. The van der Waals surface area contributed by atoms with Gasteiger partial charge >= 0.3 is 6.18 Å². The second-order valence-electron chi connectivity index (χ2n) is 7.73. The summed E-state index contributed by atoms with van der Waals surface area (Å²) in [5, 5.41) is 0. The fourth-order valence-corrected chi connectivity index (χ4v) is 3.55. The molecule has 1 fully saturated rings. The number of benzene rings is 1. The van der Waals surface area contributed by atoms with Gasteiger partial charge in [0, 0.05) is 32.4 Å². The van der Waals surface area contributed by atoms with Crippen LogP contribution in [0.3, 0.4) is 0 Å². The Labute approximate surface area is 174 Å². The zero-order valence-electron chi connectivity index (χ0n) is 17.4.